The zero-order valence-electron chi connectivity index (χ0n) is 19.5. The van der Waals surface area contributed by atoms with E-state index in [2.05, 4.69) is 36.1 Å². The van der Waals surface area contributed by atoms with Crippen molar-refractivity contribution in [3.63, 3.8) is 0 Å². The Hall–Kier alpha value is -2.96. The largest absolute Gasteiger partial charge is 0.352 e. The zero-order valence-corrected chi connectivity index (χ0v) is 19.5. The normalized spacial score (nSPS) is 20.8. The third kappa shape index (κ3) is 4.72. The molecule has 174 valence electrons. The third-order valence-corrected chi connectivity index (χ3v) is 7.22. The Morgan fingerprint density at radius 1 is 1.00 bits per heavy atom. The topological polar surface area (TPSA) is 69.6 Å². The van der Waals surface area contributed by atoms with E-state index in [-0.39, 0.29) is 24.3 Å². The zero-order chi connectivity index (χ0) is 22.8. The molecule has 0 aliphatic carbocycles. The summed E-state index contributed by atoms with van der Waals surface area (Å²) in [7, 11) is 0. The van der Waals surface area contributed by atoms with Crippen molar-refractivity contribution < 1.29 is 9.59 Å². The van der Waals surface area contributed by atoms with Crippen LogP contribution in [0.2, 0.25) is 0 Å². The summed E-state index contributed by atoms with van der Waals surface area (Å²) in [6.07, 6.45) is 5.49. The highest BCUT2D eigenvalue weighted by atomic mass is 16.2. The molecule has 0 saturated carbocycles. The average Bonchev–Trinajstić information content (AvgIpc) is 3.24. The second kappa shape index (κ2) is 9.49. The molecule has 4 heterocycles. The molecule has 1 atom stereocenters. The van der Waals surface area contributed by atoms with Crippen molar-refractivity contribution in [1.29, 1.82) is 0 Å². The first-order chi connectivity index (χ1) is 16.1. The molecule has 1 aromatic carbocycles. The van der Waals surface area contributed by atoms with Gasteiger partial charge in [0.05, 0.1) is 6.54 Å². The van der Waals surface area contributed by atoms with Crippen LogP contribution in [0.15, 0.2) is 30.3 Å². The van der Waals surface area contributed by atoms with Gasteiger partial charge in [-0.15, -0.1) is 0 Å². The first-order valence-electron chi connectivity index (χ1n) is 12.3. The molecule has 7 nitrogen and oxygen atoms in total. The van der Waals surface area contributed by atoms with Crippen LogP contribution < -0.4 is 4.90 Å². The van der Waals surface area contributed by atoms with Gasteiger partial charge in [0.2, 0.25) is 11.8 Å². The van der Waals surface area contributed by atoms with E-state index >= 15 is 0 Å². The molecule has 1 aromatic heterocycles. The maximum atomic E-state index is 12.9. The number of nitrogens with zero attached hydrogens (tertiary/aromatic N) is 5. The van der Waals surface area contributed by atoms with E-state index in [1.807, 2.05) is 11.0 Å². The molecule has 0 N–H and O–H groups in total. The number of amides is 2. The molecule has 2 amide bonds. The lowest BCUT2D eigenvalue weighted by atomic mass is 9.96. The predicted octanol–water partition coefficient (Wildman–Crippen LogP) is 3.07. The minimum Gasteiger partial charge on any atom is -0.352 e. The summed E-state index contributed by atoms with van der Waals surface area (Å²) >= 11 is 0. The van der Waals surface area contributed by atoms with Gasteiger partial charge < -0.3 is 14.7 Å². The van der Waals surface area contributed by atoms with Crippen molar-refractivity contribution in [2.24, 2.45) is 0 Å². The molecule has 1 unspecified atom stereocenters. The number of aromatic nitrogens is 2. The van der Waals surface area contributed by atoms with Crippen molar-refractivity contribution in [2.75, 3.05) is 37.6 Å². The van der Waals surface area contributed by atoms with Crippen LogP contribution in [0, 0.1) is 6.92 Å². The van der Waals surface area contributed by atoms with Gasteiger partial charge in [0.15, 0.2) is 0 Å². The number of likely N-dealkylation sites (tertiary alicyclic amines) is 2. The van der Waals surface area contributed by atoms with Gasteiger partial charge >= 0.3 is 0 Å². The highest BCUT2D eigenvalue weighted by Crippen LogP contribution is 2.32. The van der Waals surface area contributed by atoms with Crippen molar-refractivity contribution in [1.82, 2.24) is 19.8 Å². The van der Waals surface area contributed by atoms with Crippen LogP contribution in [0.4, 0.5) is 5.82 Å². The fraction of sp³-hybridized carbons (Fsp3) is 0.538. The number of anilines is 1. The number of hydrogen-bond donors (Lipinski definition) is 0. The number of hydrogen-bond acceptors (Lipinski definition) is 5. The van der Waals surface area contributed by atoms with Gasteiger partial charge in [0.25, 0.3) is 0 Å². The molecule has 33 heavy (non-hydrogen) atoms. The molecule has 0 spiro atoms. The highest BCUT2D eigenvalue weighted by molar-refractivity contribution is 5.86. The van der Waals surface area contributed by atoms with Crippen LogP contribution in [0.3, 0.4) is 0 Å². The number of aryl methyl sites for hydroxylation is 1. The number of piperidine rings is 1. The molecule has 0 radical (unpaired) electrons. The predicted molar refractivity (Wildman–Crippen MR) is 127 cm³/mol. The highest BCUT2D eigenvalue weighted by Gasteiger charge is 2.31. The summed E-state index contributed by atoms with van der Waals surface area (Å²) in [6.45, 7) is 6.24. The number of rotatable bonds is 5. The minimum absolute atomic E-state index is 0.0512. The number of carbonyl (C=O) groups is 2. The standard InChI is InChI=1S/C26H33N5O2/c1-19-22-11-6-15-31(16-20-8-3-2-4-9-20)26(22)28-25(27-19)21-10-5-13-29(17-21)24(33)18-30-14-7-12-23(30)32/h2-4,8-9,21H,5-7,10-18H2,1H3. The molecule has 5 rings (SSSR count). The van der Waals surface area contributed by atoms with Gasteiger partial charge in [0, 0.05) is 56.3 Å². The van der Waals surface area contributed by atoms with E-state index in [1.54, 1.807) is 4.90 Å². The summed E-state index contributed by atoms with van der Waals surface area (Å²) in [5.41, 5.74) is 3.62. The van der Waals surface area contributed by atoms with E-state index in [9.17, 15) is 9.59 Å². The Balaban J connectivity index is 1.33. The summed E-state index contributed by atoms with van der Waals surface area (Å²) in [5, 5.41) is 0. The van der Waals surface area contributed by atoms with E-state index < -0.39 is 0 Å². The van der Waals surface area contributed by atoms with Crippen LogP contribution >= 0.6 is 0 Å². The second-order valence-corrected chi connectivity index (χ2v) is 9.58. The van der Waals surface area contributed by atoms with Gasteiger partial charge in [-0.3, -0.25) is 9.59 Å². The van der Waals surface area contributed by atoms with Gasteiger partial charge in [0.1, 0.15) is 11.6 Å². The summed E-state index contributed by atoms with van der Waals surface area (Å²) < 4.78 is 0. The van der Waals surface area contributed by atoms with Gasteiger partial charge in [-0.1, -0.05) is 30.3 Å². The maximum absolute atomic E-state index is 12.9. The number of fused-ring (bicyclic) bond motifs is 1. The molecule has 2 aromatic rings. The Kier molecular flexibility index (Phi) is 6.29. The Labute approximate surface area is 195 Å². The first kappa shape index (κ1) is 21.9. The summed E-state index contributed by atoms with van der Waals surface area (Å²) in [6, 6.07) is 10.5. The average molecular weight is 448 g/mol. The second-order valence-electron chi connectivity index (χ2n) is 9.58. The molecular weight excluding hydrogens is 414 g/mol. The van der Waals surface area contributed by atoms with Crippen LogP contribution in [0.1, 0.15) is 60.7 Å². The SMILES string of the molecule is Cc1nc(C2CCCN(C(=O)CN3CCCC3=O)C2)nc2c1CCCN2Cc1ccccc1. The van der Waals surface area contributed by atoms with Crippen LogP contribution in [-0.2, 0) is 22.6 Å². The van der Waals surface area contributed by atoms with Crippen molar-refractivity contribution in [3.8, 4) is 0 Å². The lowest BCUT2D eigenvalue weighted by Crippen LogP contribution is -2.45. The molecule has 7 heteroatoms. The van der Waals surface area contributed by atoms with Crippen molar-refractivity contribution in [3.05, 3.63) is 53.0 Å². The Morgan fingerprint density at radius 3 is 2.58 bits per heavy atom. The molecular formula is C26H33N5O2. The molecule has 0 bridgehead atoms. The Bertz CT molecular complexity index is 1020. The van der Waals surface area contributed by atoms with Crippen LogP contribution in [0.25, 0.3) is 0 Å². The van der Waals surface area contributed by atoms with E-state index in [0.717, 1.165) is 69.1 Å². The fourth-order valence-electron chi connectivity index (χ4n) is 5.40. The smallest absolute Gasteiger partial charge is 0.242 e. The van der Waals surface area contributed by atoms with Crippen molar-refractivity contribution in [2.45, 2.75) is 57.9 Å². The lowest BCUT2D eigenvalue weighted by molar-refractivity contribution is -0.139. The van der Waals surface area contributed by atoms with Crippen LogP contribution in [0.5, 0.6) is 0 Å². The monoisotopic (exact) mass is 447 g/mol. The van der Waals surface area contributed by atoms with Gasteiger partial charge in [-0.25, -0.2) is 9.97 Å². The molecule has 3 aliphatic heterocycles. The summed E-state index contributed by atoms with van der Waals surface area (Å²) in [5.74, 6) is 2.22. The first-order valence-corrected chi connectivity index (χ1v) is 12.3. The fourth-order valence-corrected chi connectivity index (χ4v) is 5.40. The summed E-state index contributed by atoms with van der Waals surface area (Å²) in [4.78, 5) is 40.9. The number of carbonyl (C=O) groups excluding carboxylic acids is 2. The molecule has 2 saturated heterocycles. The molecule has 2 fully saturated rings. The third-order valence-electron chi connectivity index (χ3n) is 7.22. The maximum Gasteiger partial charge on any atom is 0.242 e. The molecule has 3 aliphatic rings. The van der Waals surface area contributed by atoms with Gasteiger partial charge in [-0.2, -0.15) is 0 Å². The quantitative estimate of drug-likeness (QED) is 0.705. The van der Waals surface area contributed by atoms with Crippen molar-refractivity contribution >= 4 is 17.6 Å². The van der Waals surface area contributed by atoms with E-state index in [0.29, 0.717) is 19.5 Å². The van der Waals surface area contributed by atoms with Gasteiger partial charge in [-0.05, 0) is 44.6 Å². The number of benzene rings is 1. The lowest BCUT2D eigenvalue weighted by Gasteiger charge is -2.35. The van der Waals surface area contributed by atoms with Crippen LogP contribution in [-0.4, -0.2) is 64.3 Å². The minimum atomic E-state index is 0.0512. The van der Waals surface area contributed by atoms with E-state index in [4.69, 9.17) is 9.97 Å². The van der Waals surface area contributed by atoms with E-state index in [1.165, 1.54) is 11.1 Å². The Morgan fingerprint density at radius 2 is 1.79 bits per heavy atom.